The molecular formula is C14H29NOS. The van der Waals surface area contributed by atoms with Crippen molar-refractivity contribution in [2.24, 2.45) is 5.92 Å². The van der Waals surface area contributed by atoms with Gasteiger partial charge in [0.1, 0.15) is 0 Å². The molecule has 0 bridgehead atoms. The molecule has 1 saturated carbocycles. The van der Waals surface area contributed by atoms with E-state index in [4.69, 9.17) is 0 Å². The fourth-order valence-corrected chi connectivity index (χ4v) is 4.14. The van der Waals surface area contributed by atoms with Crippen LogP contribution in [0, 0.1) is 5.92 Å². The van der Waals surface area contributed by atoms with Gasteiger partial charge in [0, 0.05) is 5.54 Å². The van der Waals surface area contributed by atoms with Gasteiger partial charge < -0.3 is 10.4 Å². The van der Waals surface area contributed by atoms with Gasteiger partial charge in [-0.15, -0.1) is 0 Å². The highest BCUT2D eigenvalue weighted by atomic mass is 32.2. The van der Waals surface area contributed by atoms with Gasteiger partial charge in [-0.1, -0.05) is 26.7 Å². The first-order valence-electron chi connectivity index (χ1n) is 7.22. The van der Waals surface area contributed by atoms with Crippen LogP contribution in [0.1, 0.15) is 52.4 Å². The molecule has 1 aliphatic rings. The standard InChI is InChI=1S/C14H29NOS/c1-3-5-10-17-11-8-13-7-6-9-14(13,12-16)15-4-2/h13,15-16H,3-12H2,1-2H3. The van der Waals surface area contributed by atoms with Gasteiger partial charge in [0.2, 0.25) is 0 Å². The van der Waals surface area contributed by atoms with Gasteiger partial charge in [-0.25, -0.2) is 0 Å². The molecule has 2 unspecified atom stereocenters. The maximum absolute atomic E-state index is 9.69. The Morgan fingerprint density at radius 2 is 2.18 bits per heavy atom. The van der Waals surface area contributed by atoms with Crippen molar-refractivity contribution in [1.29, 1.82) is 0 Å². The minimum Gasteiger partial charge on any atom is -0.394 e. The van der Waals surface area contributed by atoms with Gasteiger partial charge in [0.25, 0.3) is 0 Å². The van der Waals surface area contributed by atoms with Crippen molar-refractivity contribution in [1.82, 2.24) is 5.32 Å². The van der Waals surface area contributed by atoms with Crippen LogP contribution in [0.15, 0.2) is 0 Å². The van der Waals surface area contributed by atoms with Crippen LogP contribution in [0.3, 0.4) is 0 Å². The number of rotatable bonds is 9. The summed E-state index contributed by atoms with van der Waals surface area (Å²) in [4.78, 5) is 0. The Kier molecular flexibility index (Phi) is 7.56. The third-order valence-corrected chi connectivity index (χ3v) is 5.12. The fraction of sp³-hybridized carbons (Fsp3) is 1.00. The summed E-state index contributed by atoms with van der Waals surface area (Å²) >= 11 is 2.08. The van der Waals surface area contributed by atoms with E-state index in [0.717, 1.165) is 13.0 Å². The van der Waals surface area contributed by atoms with Crippen molar-refractivity contribution < 1.29 is 5.11 Å². The smallest absolute Gasteiger partial charge is 0.0616 e. The first kappa shape index (κ1) is 15.3. The summed E-state index contributed by atoms with van der Waals surface area (Å²) in [6.45, 7) is 5.67. The molecule has 0 radical (unpaired) electrons. The van der Waals surface area contributed by atoms with E-state index in [1.54, 1.807) is 0 Å². The average molecular weight is 259 g/mol. The van der Waals surface area contributed by atoms with E-state index < -0.39 is 0 Å². The molecule has 1 aliphatic carbocycles. The lowest BCUT2D eigenvalue weighted by Crippen LogP contribution is -2.51. The summed E-state index contributed by atoms with van der Waals surface area (Å²) in [7, 11) is 0. The van der Waals surface area contributed by atoms with Gasteiger partial charge in [-0.3, -0.25) is 0 Å². The van der Waals surface area contributed by atoms with E-state index in [1.807, 2.05) is 0 Å². The molecule has 1 fully saturated rings. The molecule has 0 heterocycles. The second-order valence-electron chi connectivity index (χ2n) is 5.19. The number of unbranched alkanes of at least 4 members (excludes halogenated alkanes) is 1. The molecule has 17 heavy (non-hydrogen) atoms. The Labute approximate surface area is 111 Å². The summed E-state index contributed by atoms with van der Waals surface area (Å²) in [5.41, 5.74) is 0.0417. The zero-order valence-corrected chi connectivity index (χ0v) is 12.3. The lowest BCUT2D eigenvalue weighted by Gasteiger charge is -2.35. The normalized spacial score (nSPS) is 28.8. The average Bonchev–Trinajstić information content (AvgIpc) is 2.73. The third-order valence-electron chi connectivity index (χ3n) is 4.02. The molecular weight excluding hydrogens is 230 g/mol. The van der Waals surface area contributed by atoms with E-state index >= 15 is 0 Å². The molecule has 2 N–H and O–H groups in total. The van der Waals surface area contributed by atoms with Crippen LogP contribution in [-0.4, -0.2) is 35.3 Å². The van der Waals surface area contributed by atoms with Gasteiger partial charge in [-0.05, 0) is 49.7 Å². The summed E-state index contributed by atoms with van der Waals surface area (Å²) in [6.07, 6.45) is 7.63. The second kappa shape index (κ2) is 8.39. The van der Waals surface area contributed by atoms with Gasteiger partial charge in [0.15, 0.2) is 0 Å². The van der Waals surface area contributed by atoms with Crippen molar-refractivity contribution in [2.75, 3.05) is 24.7 Å². The Hall–Kier alpha value is 0.270. The molecule has 0 aliphatic heterocycles. The topological polar surface area (TPSA) is 32.3 Å². The first-order valence-corrected chi connectivity index (χ1v) is 8.38. The van der Waals surface area contributed by atoms with Crippen LogP contribution < -0.4 is 5.32 Å². The number of nitrogens with one attached hydrogen (secondary N) is 1. The van der Waals surface area contributed by atoms with Gasteiger partial charge >= 0.3 is 0 Å². The Morgan fingerprint density at radius 3 is 2.82 bits per heavy atom. The molecule has 3 heteroatoms. The van der Waals surface area contributed by atoms with Crippen LogP contribution in [0.25, 0.3) is 0 Å². The maximum Gasteiger partial charge on any atom is 0.0616 e. The van der Waals surface area contributed by atoms with Crippen LogP contribution in [0.5, 0.6) is 0 Å². The quantitative estimate of drug-likeness (QED) is 0.624. The Balaban J connectivity index is 2.30. The van der Waals surface area contributed by atoms with Crippen LogP contribution in [-0.2, 0) is 0 Å². The number of aliphatic hydroxyl groups excluding tert-OH is 1. The number of thioether (sulfide) groups is 1. The number of hydrogen-bond acceptors (Lipinski definition) is 3. The molecule has 102 valence electrons. The highest BCUT2D eigenvalue weighted by molar-refractivity contribution is 7.99. The molecule has 1 rings (SSSR count). The van der Waals surface area contributed by atoms with Crippen LogP contribution in [0.2, 0.25) is 0 Å². The lowest BCUT2D eigenvalue weighted by molar-refractivity contribution is 0.124. The molecule has 2 atom stereocenters. The molecule has 0 amide bonds. The number of hydrogen-bond donors (Lipinski definition) is 2. The second-order valence-corrected chi connectivity index (χ2v) is 6.41. The third kappa shape index (κ3) is 4.46. The van der Waals surface area contributed by atoms with E-state index in [1.165, 1.54) is 43.6 Å². The van der Waals surface area contributed by atoms with Crippen molar-refractivity contribution >= 4 is 11.8 Å². The Bertz CT molecular complexity index is 201. The van der Waals surface area contributed by atoms with E-state index in [-0.39, 0.29) is 5.54 Å². The minimum atomic E-state index is 0.0417. The predicted molar refractivity (Wildman–Crippen MR) is 77.7 cm³/mol. The zero-order chi connectivity index (χ0) is 12.6. The predicted octanol–water partition coefficient (Wildman–Crippen LogP) is 3.05. The summed E-state index contributed by atoms with van der Waals surface area (Å²) in [5.74, 6) is 3.25. The van der Waals surface area contributed by atoms with E-state index in [2.05, 4.69) is 30.9 Å². The molecule has 2 nitrogen and oxygen atoms in total. The van der Waals surface area contributed by atoms with Crippen molar-refractivity contribution in [2.45, 2.75) is 57.9 Å². The molecule has 0 aromatic carbocycles. The number of aliphatic hydroxyl groups is 1. The summed E-state index contributed by atoms with van der Waals surface area (Å²) in [5, 5.41) is 13.2. The SMILES string of the molecule is CCCCSCCC1CCCC1(CO)NCC. The monoisotopic (exact) mass is 259 g/mol. The van der Waals surface area contributed by atoms with E-state index in [0.29, 0.717) is 12.5 Å². The summed E-state index contributed by atoms with van der Waals surface area (Å²) in [6, 6.07) is 0. The Morgan fingerprint density at radius 1 is 1.35 bits per heavy atom. The van der Waals surface area contributed by atoms with Crippen LogP contribution in [0.4, 0.5) is 0 Å². The molecule has 0 saturated heterocycles. The van der Waals surface area contributed by atoms with E-state index in [9.17, 15) is 5.11 Å². The maximum atomic E-state index is 9.69. The van der Waals surface area contributed by atoms with Gasteiger partial charge in [0.05, 0.1) is 6.61 Å². The molecule has 0 aromatic rings. The molecule has 0 spiro atoms. The molecule has 0 aromatic heterocycles. The minimum absolute atomic E-state index is 0.0417. The first-order chi connectivity index (χ1) is 8.29. The fourth-order valence-electron chi connectivity index (χ4n) is 2.99. The van der Waals surface area contributed by atoms with Crippen molar-refractivity contribution in [3.05, 3.63) is 0 Å². The van der Waals surface area contributed by atoms with Crippen molar-refractivity contribution in [3.8, 4) is 0 Å². The van der Waals surface area contributed by atoms with Crippen molar-refractivity contribution in [3.63, 3.8) is 0 Å². The summed E-state index contributed by atoms with van der Waals surface area (Å²) < 4.78 is 0. The lowest BCUT2D eigenvalue weighted by atomic mass is 9.86. The van der Waals surface area contributed by atoms with Gasteiger partial charge in [-0.2, -0.15) is 11.8 Å². The largest absolute Gasteiger partial charge is 0.394 e. The number of likely N-dealkylation sites (N-methyl/N-ethyl adjacent to an activating group) is 1. The highest BCUT2D eigenvalue weighted by Gasteiger charge is 2.40. The van der Waals surface area contributed by atoms with Crippen LogP contribution >= 0.6 is 11.8 Å². The zero-order valence-electron chi connectivity index (χ0n) is 11.5. The highest BCUT2D eigenvalue weighted by Crippen LogP contribution is 2.38.